The molecule has 3 aliphatic rings. The first kappa shape index (κ1) is 11.9. The second kappa shape index (κ2) is 4.85. The van der Waals surface area contributed by atoms with Crippen LogP contribution in [0.3, 0.4) is 0 Å². The topological polar surface area (TPSA) is 73.5 Å². The molecule has 0 aromatic heterocycles. The summed E-state index contributed by atoms with van der Waals surface area (Å²) in [6.45, 7) is 4.39. The molecule has 2 atom stereocenters. The minimum absolute atomic E-state index is 0.193. The van der Waals surface area contributed by atoms with E-state index in [1.54, 1.807) is 0 Å². The van der Waals surface area contributed by atoms with Gasteiger partial charge in [-0.05, 0) is 37.8 Å². The smallest absolute Gasteiger partial charge is 0.321 e. The number of hydrogen-bond donors (Lipinski definition) is 3. The highest BCUT2D eigenvalue weighted by atomic mass is 16.2. The number of hydrogen-bond acceptors (Lipinski definition) is 4. The molecule has 2 heterocycles. The van der Waals surface area contributed by atoms with E-state index in [0.29, 0.717) is 18.4 Å². The van der Waals surface area contributed by atoms with E-state index in [0.717, 1.165) is 39.0 Å². The molecule has 3 rings (SSSR count). The van der Waals surface area contributed by atoms with Gasteiger partial charge in [0.15, 0.2) is 0 Å². The Morgan fingerprint density at radius 2 is 1.83 bits per heavy atom. The van der Waals surface area contributed by atoms with Crippen LogP contribution in [0.4, 0.5) is 4.79 Å². The number of likely N-dealkylation sites (tertiary alicyclic amines) is 1. The quantitative estimate of drug-likeness (QED) is 0.610. The Kier molecular flexibility index (Phi) is 3.22. The second-order valence-corrected chi connectivity index (χ2v) is 5.67. The van der Waals surface area contributed by atoms with E-state index in [-0.39, 0.29) is 18.0 Å². The minimum Gasteiger partial charge on any atom is -0.335 e. The number of urea groups is 1. The standard InChI is InChI=1S/C12H20N4O2/c17-11(15-12(18)14-10-1-2-10)7-16-5-8-3-13-4-9(8)6-16/h8-10,13H,1-7H2,(H2,14,15,17,18). The van der Waals surface area contributed by atoms with Gasteiger partial charge in [0.05, 0.1) is 6.54 Å². The predicted molar refractivity (Wildman–Crippen MR) is 66.0 cm³/mol. The fourth-order valence-corrected chi connectivity index (χ4v) is 2.90. The van der Waals surface area contributed by atoms with E-state index >= 15 is 0 Å². The number of nitrogens with zero attached hydrogens (tertiary/aromatic N) is 1. The van der Waals surface area contributed by atoms with Gasteiger partial charge in [-0.15, -0.1) is 0 Å². The summed E-state index contributed by atoms with van der Waals surface area (Å²) in [6.07, 6.45) is 2.06. The van der Waals surface area contributed by atoms with E-state index in [2.05, 4.69) is 20.9 Å². The van der Waals surface area contributed by atoms with Gasteiger partial charge >= 0.3 is 6.03 Å². The average molecular weight is 252 g/mol. The molecule has 3 fully saturated rings. The molecule has 6 nitrogen and oxygen atoms in total. The Morgan fingerprint density at radius 3 is 2.44 bits per heavy atom. The zero-order valence-corrected chi connectivity index (χ0v) is 10.4. The molecule has 0 bridgehead atoms. The summed E-state index contributed by atoms with van der Waals surface area (Å²) in [6, 6.07) is -0.0569. The summed E-state index contributed by atoms with van der Waals surface area (Å²) >= 11 is 0. The van der Waals surface area contributed by atoms with Crippen molar-refractivity contribution in [1.82, 2.24) is 20.9 Å². The summed E-state index contributed by atoms with van der Waals surface area (Å²) < 4.78 is 0. The molecular weight excluding hydrogens is 232 g/mol. The van der Waals surface area contributed by atoms with Crippen molar-refractivity contribution in [1.29, 1.82) is 0 Å². The lowest BCUT2D eigenvalue weighted by molar-refractivity contribution is -0.121. The maximum atomic E-state index is 11.7. The average Bonchev–Trinajstić information content (AvgIpc) is 2.84. The molecule has 0 aromatic rings. The first-order valence-electron chi connectivity index (χ1n) is 6.74. The van der Waals surface area contributed by atoms with Crippen molar-refractivity contribution in [3.05, 3.63) is 0 Å². The summed E-state index contributed by atoms with van der Waals surface area (Å²) in [7, 11) is 0. The van der Waals surface area contributed by atoms with Crippen molar-refractivity contribution in [2.24, 2.45) is 11.8 Å². The van der Waals surface area contributed by atoms with Gasteiger partial charge in [0, 0.05) is 19.1 Å². The van der Waals surface area contributed by atoms with Crippen LogP contribution in [-0.2, 0) is 4.79 Å². The Bertz CT molecular complexity index is 344. The Labute approximate surface area is 106 Å². The molecule has 1 aliphatic carbocycles. The second-order valence-electron chi connectivity index (χ2n) is 5.67. The molecule has 100 valence electrons. The minimum atomic E-state index is -0.344. The summed E-state index contributed by atoms with van der Waals surface area (Å²) in [5.74, 6) is 1.16. The van der Waals surface area contributed by atoms with E-state index in [1.807, 2.05) is 0 Å². The monoisotopic (exact) mass is 252 g/mol. The summed E-state index contributed by atoms with van der Waals surface area (Å²) in [5.41, 5.74) is 0. The van der Waals surface area contributed by atoms with E-state index in [9.17, 15) is 9.59 Å². The zero-order valence-electron chi connectivity index (χ0n) is 10.4. The molecule has 1 saturated carbocycles. The van der Waals surface area contributed by atoms with Gasteiger partial charge in [-0.2, -0.15) is 0 Å². The Morgan fingerprint density at radius 1 is 1.17 bits per heavy atom. The molecule has 18 heavy (non-hydrogen) atoms. The Hall–Kier alpha value is -1.14. The third kappa shape index (κ3) is 2.81. The SMILES string of the molecule is O=C(CN1CC2CNCC2C1)NC(=O)NC1CC1. The lowest BCUT2D eigenvalue weighted by Crippen LogP contribution is -2.45. The number of carbonyl (C=O) groups is 2. The van der Waals surface area contributed by atoms with Gasteiger partial charge in [0.25, 0.3) is 0 Å². The molecule has 0 radical (unpaired) electrons. The van der Waals surface area contributed by atoms with Crippen LogP contribution < -0.4 is 16.0 Å². The number of carbonyl (C=O) groups excluding carboxylic acids is 2. The maximum Gasteiger partial charge on any atom is 0.321 e. The number of rotatable bonds is 3. The van der Waals surface area contributed by atoms with Crippen LogP contribution in [0.2, 0.25) is 0 Å². The number of nitrogens with one attached hydrogen (secondary N) is 3. The van der Waals surface area contributed by atoms with Crippen LogP contribution in [0, 0.1) is 11.8 Å². The molecule has 2 aliphatic heterocycles. The molecule has 0 aromatic carbocycles. The fourth-order valence-electron chi connectivity index (χ4n) is 2.90. The molecule has 2 saturated heterocycles. The largest absolute Gasteiger partial charge is 0.335 e. The lowest BCUT2D eigenvalue weighted by Gasteiger charge is -2.16. The maximum absolute atomic E-state index is 11.7. The fraction of sp³-hybridized carbons (Fsp3) is 0.833. The van der Waals surface area contributed by atoms with Gasteiger partial charge < -0.3 is 10.6 Å². The van der Waals surface area contributed by atoms with Gasteiger partial charge in [-0.25, -0.2) is 4.79 Å². The van der Waals surface area contributed by atoms with Gasteiger partial charge in [0.2, 0.25) is 5.91 Å². The van der Waals surface area contributed by atoms with E-state index < -0.39 is 0 Å². The van der Waals surface area contributed by atoms with Crippen LogP contribution >= 0.6 is 0 Å². The van der Waals surface area contributed by atoms with E-state index in [4.69, 9.17) is 0 Å². The summed E-state index contributed by atoms with van der Waals surface area (Å²) in [4.78, 5) is 25.3. The van der Waals surface area contributed by atoms with Gasteiger partial charge in [-0.3, -0.25) is 15.0 Å². The number of fused-ring (bicyclic) bond motifs is 1. The molecule has 3 amide bonds. The highest BCUT2D eigenvalue weighted by Gasteiger charge is 2.36. The summed E-state index contributed by atoms with van der Waals surface area (Å²) in [5, 5.41) is 8.52. The van der Waals surface area contributed by atoms with Crippen molar-refractivity contribution in [3.8, 4) is 0 Å². The van der Waals surface area contributed by atoms with Crippen LogP contribution in [0.25, 0.3) is 0 Å². The first-order chi connectivity index (χ1) is 8.70. The molecule has 0 spiro atoms. The van der Waals surface area contributed by atoms with E-state index in [1.165, 1.54) is 0 Å². The number of amides is 3. The third-order valence-corrected chi connectivity index (χ3v) is 4.00. The first-order valence-corrected chi connectivity index (χ1v) is 6.74. The lowest BCUT2D eigenvalue weighted by atomic mass is 10.0. The third-order valence-electron chi connectivity index (χ3n) is 4.00. The van der Waals surface area contributed by atoms with Crippen molar-refractivity contribution >= 4 is 11.9 Å². The van der Waals surface area contributed by atoms with Gasteiger partial charge in [-0.1, -0.05) is 0 Å². The van der Waals surface area contributed by atoms with Crippen molar-refractivity contribution in [3.63, 3.8) is 0 Å². The molecule has 3 N–H and O–H groups in total. The Balaban J connectivity index is 1.39. The van der Waals surface area contributed by atoms with Crippen LogP contribution in [0.1, 0.15) is 12.8 Å². The molecular formula is C12H20N4O2. The zero-order chi connectivity index (χ0) is 12.5. The van der Waals surface area contributed by atoms with Crippen molar-refractivity contribution < 1.29 is 9.59 Å². The molecule has 6 heteroatoms. The van der Waals surface area contributed by atoms with Crippen molar-refractivity contribution in [2.75, 3.05) is 32.7 Å². The normalized spacial score (nSPS) is 31.1. The van der Waals surface area contributed by atoms with Crippen LogP contribution in [-0.4, -0.2) is 55.6 Å². The van der Waals surface area contributed by atoms with Crippen molar-refractivity contribution in [2.45, 2.75) is 18.9 Å². The highest BCUT2D eigenvalue weighted by molar-refractivity contribution is 5.95. The van der Waals surface area contributed by atoms with Crippen LogP contribution in [0.15, 0.2) is 0 Å². The van der Waals surface area contributed by atoms with Crippen LogP contribution in [0.5, 0.6) is 0 Å². The van der Waals surface area contributed by atoms with Gasteiger partial charge in [0.1, 0.15) is 0 Å². The number of imide groups is 1. The predicted octanol–water partition coefficient (Wildman–Crippen LogP) is -0.874. The molecule has 2 unspecified atom stereocenters. The highest BCUT2D eigenvalue weighted by Crippen LogP contribution is 2.25.